The van der Waals surface area contributed by atoms with Crippen LogP contribution in [-0.4, -0.2) is 23.5 Å². The number of carboxylic acids is 1. The first-order valence-electron chi connectivity index (χ1n) is 5.17. The van der Waals surface area contributed by atoms with E-state index in [-0.39, 0.29) is 18.4 Å². The summed E-state index contributed by atoms with van der Waals surface area (Å²) >= 11 is 7.14. The zero-order valence-electron chi connectivity index (χ0n) is 9.57. The molecule has 0 bridgehead atoms. The first-order valence-corrected chi connectivity index (χ1v) is 6.37. The van der Waals surface area contributed by atoms with Gasteiger partial charge in [-0.25, -0.2) is 0 Å². The number of carboxylic acid groups (broad SMARTS) is 1. The Hall–Kier alpha value is -1.07. The maximum atomic E-state index is 11.7. The van der Waals surface area contributed by atoms with Crippen LogP contribution < -0.4 is 5.32 Å². The molecule has 2 N–H and O–H groups in total. The normalized spacial score (nSPS) is 14.1. The van der Waals surface area contributed by atoms with Gasteiger partial charge < -0.3 is 10.4 Å². The van der Waals surface area contributed by atoms with Crippen LogP contribution in [0.15, 0.2) is 12.1 Å². The van der Waals surface area contributed by atoms with Gasteiger partial charge in [-0.2, -0.15) is 0 Å². The topological polar surface area (TPSA) is 66.4 Å². The molecule has 0 radical (unpaired) electrons. The summed E-state index contributed by atoms with van der Waals surface area (Å²) in [5, 5.41) is 11.3. The van der Waals surface area contributed by atoms with Crippen molar-refractivity contribution in [3.05, 3.63) is 21.3 Å². The van der Waals surface area contributed by atoms with Crippen LogP contribution in [-0.2, 0) is 9.59 Å². The maximum Gasteiger partial charge on any atom is 0.308 e. The zero-order valence-corrected chi connectivity index (χ0v) is 11.1. The Morgan fingerprint density at radius 1 is 1.47 bits per heavy atom. The average molecular weight is 276 g/mol. The lowest BCUT2D eigenvalue weighted by molar-refractivity contribution is -0.141. The molecule has 1 heterocycles. The molecule has 2 atom stereocenters. The summed E-state index contributed by atoms with van der Waals surface area (Å²) in [6.07, 6.45) is 0. The predicted molar refractivity (Wildman–Crippen MR) is 67.6 cm³/mol. The molecule has 1 rings (SSSR count). The molecule has 0 aliphatic rings. The molecule has 0 aliphatic heterocycles. The maximum absolute atomic E-state index is 11.7. The number of hydrogen-bond donors (Lipinski definition) is 2. The molecule has 1 amide bonds. The highest BCUT2D eigenvalue weighted by atomic mass is 35.5. The summed E-state index contributed by atoms with van der Waals surface area (Å²) in [7, 11) is 0. The minimum atomic E-state index is -0.919. The van der Waals surface area contributed by atoms with Gasteiger partial charge in [0.15, 0.2) is 0 Å². The van der Waals surface area contributed by atoms with E-state index in [0.29, 0.717) is 4.34 Å². The monoisotopic (exact) mass is 275 g/mol. The van der Waals surface area contributed by atoms with Crippen LogP contribution in [0.5, 0.6) is 0 Å². The Morgan fingerprint density at radius 3 is 2.59 bits per heavy atom. The Morgan fingerprint density at radius 2 is 2.12 bits per heavy atom. The molecule has 0 spiro atoms. The highest BCUT2D eigenvalue weighted by Gasteiger charge is 2.19. The Bertz CT molecular complexity index is 419. The largest absolute Gasteiger partial charge is 0.481 e. The van der Waals surface area contributed by atoms with Gasteiger partial charge in [-0.15, -0.1) is 11.3 Å². The van der Waals surface area contributed by atoms with Crippen LogP contribution in [0.2, 0.25) is 4.34 Å². The van der Waals surface area contributed by atoms with Crippen LogP contribution in [0.3, 0.4) is 0 Å². The molecule has 6 heteroatoms. The molecule has 2 unspecified atom stereocenters. The molecule has 0 saturated carbocycles. The Balaban J connectivity index is 2.50. The van der Waals surface area contributed by atoms with Crippen LogP contribution in [0.1, 0.15) is 24.6 Å². The number of amides is 1. The molecule has 0 aromatic carbocycles. The van der Waals surface area contributed by atoms with E-state index >= 15 is 0 Å². The van der Waals surface area contributed by atoms with Crippen molar-refractivity contribution in [1.29, 1.82) is 0 Å². The number of hydrogen-bond acceptors (Lipinski definition) is 3. The van der Waals surface area contributed by atoms with E-state index in [1.54, 1.807) is 26.0 Å². The van der Waals surface area contributed by atoms with E-state index in [9.17, 15) is 9.59 Å². The van der Waals surface area contributed by atoms with Crippen molar-refractivity contribution < 1.29 is 14.7 Å². The van der Waals surface area contributed by atoms with E-state index in [1.165, 1.54) is 11.3 Å². The second kappa shape index (κ2) is 6.02. The standard InChI is InChI=1S/C11H14ClNO3S/c1-6(11(15)16)5-13-10(14)7(2)8-3-4-9(12)17-8/h3-4,6-7H,5H2,1-2H3,(H,13,14)(H,15,16). The smallest absolute Gasteiger partial charge is 0.308 e. The Labute approximate surface area is 109 Å². The zero-order chi connectivity index (χ0) is 13.0. The van der Waals surface area contributed by atoms with Gasteiger partial charge in [0.05, 0.1) is 16.2 Å². The number of halogens is 1. The van der Waals surface area contributed by atoms with Crippen LogP contribution in [0.4, 0.5) is 0 Å². The van der Waals surface area contributed by atoms with Crippen LogP contribution in [0, 0.1) is 5.92 Å². The fourth-order valence-corrected chi connectivity index (χ4v) is 2.30. The quantitative estimate of drug-likeness (QED) is 0.867. The lowest BCUT2D eigenvalue weighted by atomic mass is 10.1. The second-order valence-electron chi connectivity index (χ2n) is 3.85. The first-order chi connectivity index (χ1) is 7.91. The highest BCUT2D eigenvalue weighted by molar-refractivity contribution is 7.16. The summed E-state index contributed by atoms with van der Waals surface area (Å²) < 4.78 is 0.638. The molecular weight excluding hydrogens is 262 g/mol. The molecule has 1 aromatic rings. The van der Waals surface area contributed by atoms with Crippen molar-refractivity contribution >= 4 is 34.8 Å². The van der Waals surface area contributed by atoms with E-state index in [0.717, 1.165) is 4.88 Å². The minimum Gasteiger partial charge on any atom is -0.481 e. The van der Waals surface area contributed by atoms with Gasteiger partial charge in [-0.1, -0.05) is 18.5 Å². The number of nitrogens with one attached hydrogen (secondary N) is 1. The fraction of sp³-hybridized carbons (Fsp3) is 0.455. The third kappa shape index (κ3) is 4.02. The minimum absolute atomic E-state index is 0.137. The molecule has 0 saturated heterocycles. The Kier molecular flexibility index (Phi) is 4.96. The lowest BCUT2D eigenvalue weighted by Crippen LogP contribution is -2.33. The van der Waals surface area contributed by atoms with Gasteiger partial charge in [0, 0.05) is 11.4 Å². The highest BCUT2D eigenvalue weighted by Crippen LogP contribution is 2.28. The molecular formula is C11H14ClNO3S. The fourth-order valence-electron chi connectivity index (χ4n) is 1.18. The number of thiophene rings is 1. The third-order valence-electron chi connectivity index (χ3n) is 2.42. The summed E-state index contributed by atoms with van der Waals surface area (Å²) in [6.45, 7) is 3.45. The molecule has 0 aliphatic carbocycles. The van der Waals surface area contributed by atoms with Crippen molar-refractivity contribution in [2.24, 2.45) is 5.92 Å². The van der Waals surface area contributed by atoms with Crippen molar-refractivity contribution in [3.63, 3.8) is 0 Å². The molecule has 94 valence electrons. The van der Waals surface area contributed by atoms with E-state index < -0.39 is 11.9 Å². The third-order valence-corrected chi connectivity index (χ3v) is 3.83. The lowest BCUT2D eigenvalue weighted by Gasteiger charge is -2.12. The molecule has 4 nitrogen and oxygen atoms in total. The van der Waals surface area contributed by atoms with Crippen molar-refractivity contribution in [2.45, 2.75) is 19.8 Å². The summed E-state index contributed by atoms with van der Waals surface area (Å²) in [5.74, 6) is -2.00. The van der Waals surface area contributed by atoms with Crippen molar-refractivity contribution in [1.82, 2.24) is 5.32 Å². The van der Waals surface area contributed by atoms with Gasteiger partial charge >= 0.3 is 5.97 Å². The van der Waals surface area contributed by atoms with Gasteiger partial charge in [0.2, 0.25) is 5.91 Å². The average Bonchev–Trinajstić information content (AvgIpc) is 2.70. The number of rotatable bonds is 5. The number of carbonyl (C=O) groups is 2. The van der Waals surface area contributed by atoms with Gasteiger partial charge in [0.25, 0.3) is 0 Å². The van der Waals surface area contributed by atoms with E-state index in [2.05, 4.69) is 5.32 Å². The summed E-state index contributed by atoms with van der Waals surface area (Å²) in [6, 6.07) is 3.54. The first kappa shape index (κ1) is 14.0. The number of aliphatic carboxylic acids is 1. The second-order valence-corrected chi connectivity index (χ2v) is 5.59. The van der Waals surface area contributed by atoms with Crippen molar-refractivity contribution in [2.75, 3.05) is 6.54 Å². The van der Waals surface area contributed by atoms with Crippen molar-refractivity contribution in [3.8, 4) is 0 Å². The predicted octanol–water partition coefficient (Wildman–Crippen LogP) is 2.34. The van der Waals surface area contributed by atoms with Gasteiger partial charge in [-0.05, 0) is 19.1 Å². The summed E-state index contributed by atoms with van der Waals surface area (Å²) in [5.41, 5.74) is 0. The number of carbonyl (C=O) groups excluding carboxylic acids is 1. The SMILES string of the molecule is CC(CNC(=O)C(C)c1ccc(Cl)s1)C(=O)O. The summed E-state index contributed by atoms with van der Waals surface area (Å²) in [4.78, 5) is 23.2. The molecule has 17 heavy (non-hydrogen) atoms. The van der Waals surface area contributed by atoms with Crippen LogP contribution in [0.25, 0.3) is 0 Å². The van der Waals surface area contributed by atoms with Gasteiger partial charge in [0.1, 0.15) is 0 Å². The molecule has 1 aromatic heterocycles. The van der Waals surface area contributed by atoms with E-state index in [4.69, 9.17) is 16.7 Å². The molecule has 0 fully saturated rings. The van der Waals surface area contributed by atoms with Gasteiger partial charge in [-0.3, -0.25) is 9.59 Å². The van der Waals surface area contributed by atoms with E-state index in [1.807, 2.05) is 0 Å². The van der Waals surface area contributed by atoms with Crippen LogP contribution >= 0.6 is 22.9 Å².